The molecule has 0 bridgehead atoms. The van der Waals surface area contributed by atoms with Crippen molar-refractivity contribution < 1.29 is 24.5 Å². The fraction of sp³-hybridized carbons (Fsp3) is 0.750. The zero-order valence-corrected chi connectivity index (χ0v) is 10.2. The number of unbranched alkanes of at least 4 members (excludes halogenated alkanes) is 2. The lowest BCUT2D eigenvalue weighted by molar-refractivity contribution is -0.150. The molecule has 0 aromatic rings. The predicted molar refractivity (Wildman–Crippen MR) is 61.4 cm³/mol. The van der Waals surface area contributed by atoms with Crippen molar-refractivity contribution in [3.05, 3.63) is 12.2 Å². The lowest BCUT2D eigenvalue weighted by atomic mass is 10.1. The van der Waals surface area contributed by atoms with E-state index in [-0.39, 0.29) is 0 Å². The Morgan fingerprint density at radius 3 is 2.82 bits per heavy atom. The van der Waals surface area contributed by atoms with E-state index in [2.05, 4.69) is 6.92 Å². The Labute approximate surface area is 101 Å². The van der Waals surface area contributed by atoms with Crippen molar-refractivity contribution in [1.29, 1.82) is 0 Å². The second kappa shape index (κ2) is 6.74. The van der Waals surface area contributed by atoms with Crippen LogP contribution in [0.3, 0.4) is 0 Å². The van der Waals surface area contributed by atoms with Gasteiger partial charge >= 0.3 is 5.97 Å². The first-order valence-electron chi connectivity index (χ1n) is 5.87. The molecule has 0 saturated carbocycles. The molecular weight excluding hydrogens is 224 g/mol. The van der Waals surface area contributed by atoms with Crippen molar-refractivity contribution in [3.63, 3.8) is 0 Å². The maximum atomic E-state index is 11.3. The third-order valence-corrected chi connectivity index (χ3v) is 2.78. The van der Waals surface area contributed by atoms with Crippen LogP contribution < -0.4 is 0 Å². The van der Waals surface area contributed by atoms with Crippen LogP contribution in [-0.4, -0.2) is 47.7 Å². The van der Waals surface area contributed by atoms with E-state index in [1.807, 2.05) is 6.08 Å². The summed E-state index contributed by atoms with van der Waals surface area (Å²) in [5, 5.41) is 19.5. The molecule has 0 spiro atoms. The number of carbonyl (C=O) groups is 1. The number of carbonyl (C=O) groups excluding carboxylic acids is 1. The minimum Gasteiger partial charge on any atom is -0.454 e. The smallest absolute Gasteiger partial charge is 0.338 e. The number of hydrogen-bond donors (Lipinski definition) is 2. The summed E-state index contributed by atoms with van der Waals surface area (Å²) in [6.07, 6.45) is 2.29. The zero-order chi connectivity index (χ0) is 12.8. The Morgan fingerprint density at radius 2 is 2.29 bits per heavy atom. The number of aliphatic hydroxyl groups is 2. The fourth-order valence-electron chi connectivity index (χ4n) is 1.76. The van der Waals surface area contributed by atoms with Gasteiger partial charge in [0.15, 0.2) is 12.2 Å². The summed E-state index contributed by atoms with van der Waals surface area (Å²) in [6.45, 7) is 2.08. The standard InChI is InChI=1S/C12H20O5/c1-3-4-5-6-7-8(13)10-9(14)11(16-2)12(15)17-10/h6-11,13-14H,3-5H2,1-2H3/b7-6+/t8-,9?,10?,11-/m1/s1. The summed E-state index contributed by atoms with van der Waals surface area (Å²) in [7, 11) is 1.32. The molecule has 0 amide bonds. The van der Waals surface area contributed by atoms with E-state index in [0.717, 1.165) is 19.3 Å². The number of cyclic esters (lactones) is 1. The normalized spacial score (nSPS) is 30.8. The molecule has 0 aliphatic carbocycles. The topological polar surface area (TPSA) is 76.0 Å². The van der Waals surface area contributed by atoms with Crippen LogP contribution in [-0.2, 0) is 14.3 Å². The van der Waals surface area contributed by atoms with E-state index in [4.69, 9.17) is 9.47 Å². The van der Waals surface area contributed by atoms with Crippen LogP contribution in [0.5, 0.6) is 0 Å². The first-order chi connectivity index (χ1) is 8.11. The molecule has 0 aromatic heterocycles. The van der Waals surface area contributed by atoms with Gasteiger partial charge in [-0.1, -0.05) is 31.9 Å². The third-order valence-electron chi connectivity index (χ3n) is 2.78. The van der Waals surface area contributed by atoms with Crippen molar-refractivity contribution >= 4 is 5.97 Å². The van der Waals surface area contributed by atoms with Crippen LogP contribution in [0.4, 0.5) is 0 Å². The van der Waals surface area contributed by atoms with Crippen LogP contribution in [0, 0.1) is 0 Å². The van der Waals surface area contributed by atoms with Gasteiger partial charge in [-0.2, -0.15) is 0 Å². The summed E-state index contributed by atoms with van der Waals surface area (Å²) >= 11 is 0. The van der Waals surface area contributed by atoms with Gasteiger partial charge in [0, 0.05) is 7.11 Å². The molecule has 1 aliphatic heterocycles. The van der Waals surface area contributed by atoms with E-state index in [1.165, 1.54) is 7.11 Å². The van der Waals surface area contributed by atoms with Gasteiger partial charge in [-0.25, -0.2) is 4.79 Å². The summed E-state index contributed by atoms with van der Waals surface area (Å²) in [6, 6.07) is 0. The summed E-state index contributed by atoms with van der Waals surface area (Å²) in [5.41, 5.74) is 0. The second-order valence-corrected chi connectivity index (χ2v) is 4.11. The van der Waals surface area contributed by atoms with Crippen LogP contribution in [0.1, 0.15) is 26.2 Å². The molecule has 2 unspecified atom stereocenters. The number of aliphatic hydroxyl groups excluding tert-OH is 2. The molecule has 2 N–H and O–H groups in total. The van der Waals surface area contributed by atoms with Gasteiger partial charge in [-0.05, 0) is 6.42 Å². The van der Waals surface area contributed by atoms with Crippen molar-refractivity contribution in [3.8, 4) is 0 Å². The highest BCUT2D eigenvalue weighted by Gasteiger charge is 2.46. The first kappa shape index (κ1) is 14.2. The summed E-state index contributed by atoms with van der Waals surface area (Å²) in [5.74, 6) is -0.633. The van der Waals surface area contributed by atoms with Gasteiger partial charge in [0.05, 0.1) is 0 Å². The van der Waals surface area contributed by atoms with E-state index in [0.29, 0.717) is 0 Å². The lowest BCUT2D eigenvalue weighted by Crippen LogP contribution is -2.38. The average Bonchev–Trinajstić information content (AvgIpc) is 2.60. The molecule has 5 nitrogen and oxygen atoms in total. The molecule has 5 heteroatoms. The van der Waals surface area contributed by atoms with E-state index in [9.17, 15) is 15.0 Å². The zero-order valence-electron chi connectivity index (χ0n) is 10.2. The first-order valence-corrected chi connectivity index (χ1v) is 5.87. The molecule has 17 heavy (non-hydrogen) atoms. The van der Waals surface area contributed by atoms with E-state index >= 15 is 0 Å². The monoisotopic (exact) mass is 244 g/mol. The fourth-order valence-corrected chi connectivity index (χ4v) is 1.76. The highest BCUT2D eigenvalue weighted by molar-refractivity contribution is 5.78. The number of allylic oxidation sites excluding steroid dienone is 1. The molecule has 0 radical (unpaired) electrons. The molecule has 98 valence electrons. The molecule has 1 rings (SSSR count). The van der Waals surface area contributed by atoms with Crippen LogP contribution >= 0.6 is 0 Å². The van der Waals surface area contributed by atoms with E-state index < -0.39 is 30.4 Å². The Kier molecular flexibility index (Phi) is 5.61. The summed E-state index contributed by atoms with van der Waals surface area (Å²) < 4.78 is 9.68. The SMILES string of the molecule is CCCC/C=C/[C@@H](O)C1OC(=O)[C@H](OC)C1O. The molecule has 4 atom stereocenters. The molecule has 1 fully saturated rings. The highest BCUT2D eigenvalue weighted by atomic mass is 16.6. The molecule has 1 aliphatic rings. The van der Waals surface area contributed by atoms with Gasteiger partial charge in [-0.3, -0.25) is 0 Å². The van der Waals surface area contributed by atoms with Crippen LogP contribution in [0.2, 0.25) is 0 Å². The minimum atomic E-state index is -1.13. The number of methoxy groups -OCH3 is 1. The molecule has 1 saturated heterocycles. The largest absolute Gasteiger partial charge is 0.454 e. The van der Waals surface area contributed by atoms with Gasteiger partial charge in [0.25, 0.3) is 0 Å². The molecule has 1 heterocycles. The van der Waals surface area contributed by atoms with Gasteiger partial charge in [-0.15, -0.1) is 0 Å². The van der Waals surface area contributed by atoms with Crippen molar-refractivity contribution in [2.24, 2.45) is 0 Å². The number of ether oxygens (including phenoxy) is 2. The third kappa shape index (κ3) is 3.52. The number of esters is 1. The van der Waals surface area contributed by atoms with Crippen molar-refractivity contribution in [2.45, 2.75) is 50.6 Å². The second-order valence-electron chi connectivity index (χ2n) is 4.11. The van der Waals surface area contributed by atoms with Gasteiger partial charge in [0.2, 0.25) is 0 Å². The number of rotatable bonds is 6. The maximum absolute atomic E-state index is 11.3. The van der Waals surface area contributed by atoms with Gasteiger partial charge < -0.3 is 19.7 Å². The Balaban J connectivity index is 2.50. The Morgan fingerprint density at radius 1 is 1.59 bits per heavy atom. The predicted octanol–water partition coefficient (Wildman–Crippen LogP) is 0.395. The van der Waals surface area contributed by atoms with Crippen molar-refractivity contribution in [1.82, 2.24) is 0 Å². The molecular formula is C12H20O5. The van der Waals surface area contributed by atoms with Crippen LogP contribution in [0.15, 0.2) is 12.2 Å². The Hall–Kier alpha value is -0.910. The average molecular weight is 244 g/mol. The quantitative estimate of drug-likeness (QED) is 0.402. The highest BCUT2D eigenvalue weighted by Crippen LogP contribution is 2.21. The number of hydrogen-bond acceptors (Lipinski definition) is 5. The minimum absolute atomic E-state index is 0.633. The lowest BCUT2D eigenvalue weighted by Gasteiger charge is -2.17. The summed E-state index contributed by atoms with van der Waals surface area (Å²) in [4.78, 5) is 11.3. The van der Waals surface area contributed by atoms with Crippen LogP contribution in [0.25, 0.3) is 0 Å². The van der Waals surface area contributed by atoms with Gasteiger partial charge in [0.1, 0.15) is 12.2 Å². The van der Waals surface area contributed by atoms with E-state index in [1.54, 1.807) is 6.08 Å². The van der Waals surface area contributed by atoms with Crippen molar-refractivity contribution in [2.75, 3.05) is 7.11 Å². The maximum Gasteiger partial charge on any atom is 0.338 e. The molecule has 0 aromatic carbocycles. The Bertz CT molecular complexity index is 276.